The molecule has 0 aliphatic carbocycles. The Hall–Kier alpha value is -2.17. The zero-order valence-electron chi connectivity index (χ0n) is 11.0. The number of nitrogens with zero attached hydrogens (tertiary/aromatic N) is 1. The van der Waals surface area contributed by atoms with Gasteiger partial charge in [0.15, 0.2) is 5.95 Å². The fourth-order valence-corrected chi connectivity index (χ4v) is 2.03. The molecule has 5 heteroatoms. The number of aromatic nitrogens is 2. The topological polar surface area (TPSA) is 73.2 Å². The maximum absolute atomic E-state index is 5.68. The second-order valence-corrected chi connectivity index (χ2v) is 4.12. The SMILES string of the molecule is COc1cc(C)c(-c2nc(N)[nH]c2C)c(OC)c1. The quantitative estimate of drug-likeness (QED) is 0.872. The van der Waals surface area contributed by atoms with Crippen molar-refractivity contribution < 1.29 is 9.47 Å². The minimum Gasteiger partial charge on any atom is -0.497 e. The molecule has 1 aromatic carbocycles. The van der Waals surface area contributed by atoms with Gasteiger partial charge in [0.25, 0.3) is 0 Å². The van der Waals surface area contributed by atoms with Crippen LogP contribution in [0.5, 0.6) is 11.5 Å². The predicted molar refractivity (Wildman–Crippen MR) is 71.0 cm³/mol. The molecule has 0 fully saturated rings. The van der Waals surface area contributed by atoms with Gasteiger partial charge in [-0.25, -0.2) is 4.98 Å². The molecular weight excluding hydrogens is 230 g/mol. The number of hydrogen-bond acceptors (Lipinski definition) is 4. The summed E-state index contributed by atoms with van der Waals surface area (Å²) >= 11 is 0. The molecule has 0 aliphatic heterocycles. The van der Waals surface area contributed by atoms with Crippen molar-refractivity contribution in [1.29, 1.82) is 0 Å². The summed E-state index contributed by atoms with van der Waals surface area (Å²) in [5.41, 5.74) is 9.37. The van der Waals surface area contributed by atoms with Crippen LogP contribution in [-0.2, 0) is 0 Å². The van der Waals surface area contributed by atoms with E-state index in [-0.39, 0.29) is 0 Å². The highest BCUT2D eigenvalue weighted by Gasteiger charge is 2.16. The van der Waals surface area contributed by atoms with Gasteiger partial charge >= 0.3 is 0 Å². The fraction of sp³-hybridized carbons (Fsp3) is 0.308. The van der Waals surface area contributed by atoms with Crippen molar-refractivity contribution in [1.82, 2.24) is 9.97 Å². The second kappa shape index (κ2) is 4.60. The number of aryl methyl sites for hydroxylation is 2. The van der Waals surface area contributed by atoms with Crippen molar-refractivity contribution in [3.8, 4) is 22.8 Å². The molecule has 0 atom stereocenters. The summed E-state index contributed by atoms with van der Waals surface area (Å²) in [7, 11) is 3.26. The number of hydrogen-bond donors (Lipinski definition) is 2. The van der Waals surface area contributed by atoms with Gasteiger partial charge in [-0.3, -0.25) is 0 Å². The predicted octanol–water partition coefficient (Wildman–Crippen LogP) is 2.29. The van der Waals surface area contributed by atoms with E-state index in [0.29, 0.717) is 5.95 Å². The zero-order valence-corrected chi connectivity index (χ0v) is 11.0. The highest BCUT2D eigenvalue weighted by Crippen LogP contribution is 2.37. The van der Waals surface area contributed by atoms with Crippen molar-refractivity contribution in [3.05, 3.63) is 23.4 Å². The first-order valence-electron chi connectivity index (χ1n) is 5.62. The van der Waals surface area contributed by atoms with Crippen LogP contribution in [-0.4, -0.2) is 24.2 Å². The number of methoxy groups -OCH3 is 2. The zero-order chi connectivity index (χ0) is 13.3. The number of imidazole rings is 1. The lowest BCUT2D eigenvalue weighted by molar-refractivity contribution is 0.395. The fourth-order valence-electron chi connectivity index (χ4n) is 2.03. The minimum absolute atomic E-state index is 0.403. The van der Waals surface area contributed by atoms with Crippen LogP contribution in [0, 0.1) is 13.8 Å². The van der Waals surface area contributed by atoms with Gasteiger partial charge in [0, 0.05) is 17.3 Å². The van der Waals surface area contributed by atoms with E-state index in [2.05, 4.69) is 9.97 Å². The number of H-pyrrole nitrogens is 1. The highest BCUT2D eigenvalue weighted by molar-refractivity contribution is 5.75. The Morgan fingerprint density at radius 1 is 1.17 bits per heavy atom. The largest absolute Gasteiger partial charge is 0.497 e. The smallest absolute Gasteiger partial charge is 0.198 e. The van der Waals surface area contributed by atoms with Crippen molar-refractivity contribution >= 4 is 5.95 Å². The van der Waals surface area contributed by atoms with E-state index in [1.807, 2.05) is 26.0 Å². The van der Waals surface area contributed by atoms with Crippen LogP contribution < -0.4 is 15.2 Å². The van der Waals surface area contributed by atoms with Crippen LogP contribution >= 0.6 is 0 Å². The van der Waals surface area contributed by atoms with Crippen molar-refractivity contribution in [2.24, 2.45) is 0 Å². The second-order valence-electron chi connectivity index (χ2n) is 4.12. The maximum Gasteiger partial charge on any atom is 0.198 e. The molecule has 18 heavy (non-hydrogen) atoms. The van der Waals surface area contributed by atoms with Gasteiger partial charge in [-0.05, 0) is 25.5 Å². The van der Waals surface area contributed by atoms with E-state index in [1.165, 1.54) is 0 Å². The van der Waals surface area contributed by atoms with Gasteiger partial charge in [-0.15, -0.1) is 0 Å². The first kappa shape index (κ1) is 12.3. The summed E-state index contributed by atoms with van der Waals surface area (Å²) in [5.74, 6) is 1.88. The Kier molecular flexibility index (Phi) is 3.14. The Labute approximate surface area is 106 Å². The number of nitrogen functional groups attached to an aromatic ring is 1. The molecule has 3 N–H and O–H groups in total. The highest BCUT2D eigenvalue weighted by atomic mass is 16.5. The molecule has 2 rings (SSSR count). The van der Waals surface area contributed by atoms with E-state index in [1.54, 1.807) is 14.2 Å². The molecule has 0 unspecified atom stereocenters. The molecule has 0 saturated heterocycles. The van der Waals surface area contributed by atoms with Crippen LogP contribution in [0.3, 0.4) is 0 Å². The molecule has 0 bridgehead atoms. The summed E-state index contributed by atoms with van der Waals surface area (Å²) < 4.78 is 10.6. The molecule has 1 aromatic heterocycles. The number of nitrogens with one attached hydrogen (secondary N) is 1. The number of benzene rings is 1. The van der Waals surface area contributed by atoms with Gasteiger partial charge < -0.3 is 20.2 Å². The van der Waals surface area contributed by atoms with Crippen LogP contribution in [0.4, 0.5) is 5.95 Å². The Bertz CT molecular complexity index is 576. The monoisotopic (exact) mass is 247 g/mol. The van der Waals surface area contributed by atoms with Crippen molar-refractivity contribution in [2.75, 3.05) is 20.0 Å². The van der Waals surface area contributed by atoms with Gasteiger partial charge in [-0.2, -0.15) is 0 Å². The first-order chi connectivity index (χ1) is 8.56. The van der Waals surface area contributed by atoms with Gasteiger partial charge in [0.1, 0.15) is 11.5 Å². The number of nitrogens with two attached hydrogens (primary N) is 1. The summed E-state index contributed by atoms with van der Waals surface area (Å²) in [6, 6.07) is 3.79. The van der Waals surface area contributed by atoms with Crippen LogP contribution in [0.2, 0.25) is 0 Å². The standard InChI is InChI=1S/C13H17N3O2/c1-7-5-9(17-3)6-10(18-4)11(7)12-8(2)15-13(14)16-12/h5-6H,1-4H3,(H3,14,15,16). The number of anilines is 1. The number of aromatic amines is 1. The Morgan fingerprint density at radius 2 is 1.89 bits per heavy atom. The normalized spacial score (nSPS) is 10.4. The molecule has 1 heterocycles. The Balaban J connectivity index is 2.66. The summed E-state index contributed by atoms with van der Waals surface area (Å²) in [5, 5.41) is 0. The van der Waals surface area contributed by atoms with Crippen molar-refractivity contribution in [3.63, 3.8) is 0 Å². The van der Waals surface area contributed by atoms with E-state index in [0.717, 1.165) is 34.0 Å². The lowest BCUT2D eigenvalue weighted by Crippen LogP contribution is -1.95. The van der Waals surface area contributed by atoms with E-state index in [4.69, 9.17) is 15.2 Å². The van der Waals surface area contributed by atoms with Crippen molar-refractivity contribution in [2.45, 2.75) is 13.8 Å². The molecule has 5 nitrogen and oxygen atoms in total. The average molecular weight is 247 g/mol. The molecule has 0 aliphatic rings. The summed E-state index contributed by atoms with van der Waals surface area (Å²) in [4.78, 5) is 7.30. The summed E-state index contributed by atoms with van der Waals surface area (Å²) in [6.07, 6.45) is 0. The van der Waals surface area contributed by atoms with Crippen LogP contribution in [0.1, 0.15) is 11.3 Å². The number of ether oxygens (including phenoxy) is 2. The van der Waals surface area contributed by atoms with Gasteiger partial charge in [0.2, 0.25) is 0 Å². The maximum atomic E-state index is 5.68. The van der Waals surface area contributed by atoms with Crippen LogP contribution in [0.25, 0.3) is 11.3 Å². The molecule has 0 radical (unpaired) electrons. The first-order valence-corrected chi connectivity index (χ1v) is 5.62. The molecule has 2 aromatic rings. The summed E-state index contributed by atoms with van der Waals surface area (Å²) in [6.45, 7) is 3.92. The Morgan fingerprint density at radius 3 is 2.39 bits per heavy atom. The van der Waals surface area contributed by atoms with Gasteiger partial charge in [-0.1, -0.05) is 0 Å². The third kappa shape index (κ3) is 1.99. The lowest BCUT2D eigenvalue weighted by Gasteiger charge is -2.12. The molecule has 0 amide bonds. The van der Waals surface area contributed by atoms with Gasteiger partial charge in [0.05, 0.1) is 19.9 Å². The number of rotatable bonds is 3. The van der Waals surface area contributed by atoms with E-state index in [9.17, 15) is 0 Å². The average Bonchev–Trinajstić information content (AvgIpc) is 2.67. The van der Waals surface area contributed by atoms with Crippen LogP contribution in [0.15, 0.2) is 12.1 Å². The van der Waals surface area contributed by atoms with E-state index < -0.39 is 0 Å². The third-order valence-corrected chi connectivity index (χ3v) is 2.87. The molecule has 96 valence electrons. The minimum atomic E-state index is 0.403. The van der Waals surface area contributed by atoms with E-state index >= 15 is 0 Å². The molecular formula is C13H17N3O2. The third-order valence-electron chi connectivity index (χ3n) is 2.87. The molecule has 0 spiro atoms. The molecule has 0 saturated carbocycles. The lowest BCUT2D eigenvalue weighted by atomic mass is 10.0.